The van der Waals surface area contributed by atoms with E-state index in [1.165, 1.54) is 27.7 Å². The number of hydrogen-bond donors (Lipinski definition) is 0. The number of aryl methyl sites for hydroxylation is 2. The van der Waals surface area contributed by atoms with Gasteiger partial charge in [-0.3, -0.25) is 4.79 Å². The summed E-state index contributed by atoms with van der Waals surface area (Å²) in [5.74, 6) is 0.759. The van der Waals surface area contributed by atoms with E-state index in [1.54, 1.807) is 4.40 Å². The zero-order valence-electron chi connectivity index (χ0n) is 19.2. The molecule has 0 atom stereocenters. The van der Waals surface area contributed by atoms with Gasteiger partial charge in [0.05, 0.1) is 20.0 Å². The van der Waals surface area contributed by atoms with E-state index in [0.29, 0.717) is 11.1 Å². The predicted octanol–water partition coefficient (Wildman–Crippen LogP) is 6.57. The number of fused-ring (bicyclic) bond motifs is 4. The van der Waals surface area contributed by atoms with Gasteiger partial charge in [-0.25, -0.2) is 9.38 Å². The molecule has 4 nitrogen and oxygen atoms in total. The third-order valence-corrected chi connectivity index (χ3v) is 7.96. The lowest BCUT2D eigenvalue weighted by Gasteiger charge is -2.11. The average molecular weight is 541 g/mol. The first-order valence-corrected chi connectivity index (χ1v) is 12.9. The van der Waals surface area contributed by atoms with Crippen molar-refractivity contribution < 1.29 is 4.74 Å². The van der Waals surface area contributed by atoms with E-state index < -0.39 is 0 Å². The maximum absolute atomic E-state index is 13.2. The lowest BCUT2D eigenvalue weighted by atomic mass is 10.1. The number of halogens is 1. The van der Waals surface area contributed by atoms with Crippen molar-refractivity contribution in [1.29, 1.82) is 0 Å². The molecule has 0 aliphatic heterocycles. The summed E-state index contributed by atoms with van der Waals surface area (Å²) in [6.45, 7) is 4.59. The van der Waals surface area contributed by atoms with Crippen molar-refractivity contribution in [3.63, 3.8) is 0 Å². The maximum Gasteiger partial charge on any atom is 0.274 e. The highest BCUT2D eigenvalue weighted by molar-refractivity contribution is 9.10. The lowest BCUT2D eigenvalue weighted by Crippen LogP contribution is -2.22. The zero-order valence-corrected chi connectivity index (χ0v) is 21.6. The smallest absolute Gasteiger partial charge is 0.274 e. The number of nitrogens with zero attached hydrogens (tertiary/aromatic N) is 2. The van der Waals surface area contributed by atoms with E-state index in [9.17, 15) is 4.79 Å². The molecule has 0 N–H and O–H groups in total. The minimum absolute atomic E-state index is 0.0387. The Labute approximate surface area is 214 Å². The second kappa shape index (κ2) is 8.63. The van der Waals surface area contributed by atoms with Gasteiger partial charge in [-0.15, -0.1) is 0 Å². The van der Waals surface area contributed by atoms with Crippen LogP contribution in [0, 0.1) is 13.8 Å². The van der Waals surface area contributed by atoms with Gasteiger partial charge < -0.3 is 4.74 Å². The molecule has 2 heterocycles. The van der Waals surface area contributed by atoms with Crippen LogP contribution in [0.5, 0.6) is 5.75 Å². The predicted molar refractivity (Wildman–Crippen MR) is 148 cm³/mol. The topological polar surface area (TPSA) is 43.6 Å². The first-order valence-electron chi connectivity index (χ1n) is 11.3. The fourth-order valence-corrected chi connectivity index (χ4v) is 5.87. The summed E-state index contributed by atoms with van der Waals surface area (Å²) >= 11 is 5.05. The van der Waals surface area contributed by atoms with Gasteiger partial charge in [0, 0.05) is 0 Å². The van der Waals surface area contributed by atoms with E-state index in [1.807, 2.05) is 48.5 Å². The Balaban J connectivity index is 1.31. The molecule has 6 rings (SSSR count). The molecule has 4 aromatic carbocycles. The summed E-state index contributed by atoms with van der Waals surface area (Å²) in [7, 11) is 0. The van der Waals surface area contributed by atoms with Crippen LogP contribution in [0.2, 0.25) is 0 Å². The Morgan fingerprint density at radius 2 is 1.80 bits per heavy atom. The van der Waals surface area contributed by atoms with E-state index >= 15 is 0 Å². The van der Waals surface area contributed by atoms with Crippen LogP contribution in [-0.2, 0) is 6.61 Å². The number of ether oxygens (including phenoxy) is 1. The van der Waals surface area contributed by atoms with Crippen LogP contribution in [0.15, 0.2) is 82.1 Å². The highest BCUT2D eigenvalue weighted by atomic mass is 79.9. The van der Waals surface area contributed by atoms with Crippen LogP contribution in [-0.4, -0.2) is 9.38 Å². The Morgan fingerprint density at radius 1 is 1.00 bits per heavy atom. The summed E-state index contributed by atoms with van der Waals surface area (Å²) < 4.78 is 9.35. The first-order chi connectivity index (χ1) is 17.0. The Bertz CT molecular complexity index is 1860. The molecule has 0 fully saturated rings. The molecule has 0 aliphatic rings. The molecule has 0 unspecified atom stereocenters. The quantitative estimate of drug-likeness (QED) is 0.254. The highest BCUT2D eigenvalue weighted by Gasteiger charge is 2.13. The molecule has 35 heavy (non-hydrogen) atoms. The third-order valence-electron chi connectivity index (χ3n) is 6.37. The molecule has 0 spiro atoms. The van der Waals surface area contributed by atoms with Crippen LogP contribution in [0.4, 0.5) is 0 Å². The van der Waals surface area contributed by atoms with Crippen molar-refractivity contribution in [3.8, 4) is 5.75 Å². The molecule has 0 bridgehead atoms. The molecule has 0 saturated heterocycles. The van der Waals surface area contributed by atoms with Gasteiger partial charge in [-0.1, -0.05) is 59.9 Å². The van der Waals surface area contributed by atoms with Crippen LogP contribution < -0.4 is 14.8 Å². The fourth-order valence-electron chi connectivity index (χ4n) is 4.37. The molecular formula is C29H21BrN2O2S. The largest absolute Gasteiger partial charge is 0.488 e. The Kier molecular flexibility index (Phi) is 5.43. The van der Waals surface area contributed by atoms with Crippen LogP contribution >= 0.6 is 27.3 Å². The van der Waals surface area contributed by atoms with Gasteiger partial charge in [-0.05, 0) is 93.1 Å². The van der Waals surface area contributed by atoms with Gasteiger partial charge in [0.25, 0.3) is 5.56 Å². The van der Waals surface area contributed by atoms with Gasteiger partial charge in [0.2, 0.25) is 0 Å². The van der Waals surface area contributed by atoms with Gasteiger partial charge in [0.1, 0.15) is 12.4 Å². The van der Waals surface area contributed by atoms with E-state index in [-0.39, 0.29) is 5.56 Å². The van der Waals surface area contributed by atoms with Gasteiger partial charge in [0.15, 0.2) is 4.96 Å². The Morgan fingerprint density at radius 3 is 2.66 bits per heavy atom. The van der Waals surface area contributed by atoms with Crippen molar-refractivity contribution in [2.45, 2.75) is 20.5 Å². The summed E-state index contributed by atoms with van der Waals surface area (Å²) in [4.78, 5) is 18.6. The summed E-state index contributed by atoms with van der Waals surface area (Å²) in [5.41, 5.74) is 6.08. The van der Waals surface area contributed by atoms with Crippen molar-refractivity contribution in [3.05, 3.63) is 114 Å². The molecule has 2 aromatic heterocycles. The SMILES string of the molecule is Cc1cc2nc3s/c(=C\c4ccc(OCc5cccc6ccccc56)c(Br)c4)c(=O)n3c2cc1C. The monoisotopic (exact) mass is 540 g/mol. The molecule has 6 heteroatoms. The number of rotatable bonds is 4. The average Bonchev–Trinajstić information content (AvgIpc) is 3.34. The first kappa shape index (κ1) is 22.0. The van der Waals surface area contributed by atoms with Crippen molar-refractivity contribution >= 4 is 60.1 Å². The molecular weight excluding hydrogens is 520 g/mol. The molecule has 0 amide bonds. The summed E-state index contributed by atoms with van der Waals surface area (Å²) in [6, 6.07) is 24.5. The third kappa shape index (κ3) is 3.93. The fraction of sp³-hybridized carbons (Fsp3) is 0.103. The van der Waals surface area contributed by atoms with Gasteiger partial charge in [-0.2, -0.15) is 0 Å². The molecule has 0 aliphatic carbocycles. The zero-order chi connectivity index (χ0) is 24.1. The molecule has 6 aromatic rings. The lowest BCUT2D eigenvalue weighted by molar-refractivity contribution is 0.305. The van der Waals surface area contributed by atoms with Crippen LogP contribution in [0.3, 0.4) is 0 Å². The second-order valence-electron chi connectivity index (χ2n) is 8.69. The molecule has 172 valence electrons. The minimum Gasteiger partial charge on any atom is -0.488 e. The maximum atomic E-state index is 13.2. The second-order valence-corrected chi connectivity index (χ2v) is 10.6. The number of benzene rings is 4. The van der Waals surface area contributed by atoms with E-state index in [4.69, 9.17) is 4.74 Å². The van der Waals surface area contributed by atoms with E-state index in [2.05, 4.69) is 65.1 Å². The number of imidazole rings is 1. The Hall–Kier alpha value is -3.48. The van der Waals surface area contributed by atoms with Gasteiger partial charge >= 0.3 is 0 Å². The number of aromatic nitrogens is 2. The van der Waals surface area contributed by atoms with E-state index in [0.717, 1.165) is 42.9 Å². The van der Waals surface area contributed by atoms with Crippen LogP contribution in [0.25, 0.3) is 32.8 Å². The highest BCUT2D eigenvalue weighted by Crippen LogP contribution is 2.28. The summed E-state index contributed by atoms with van der Waals surface area (Å²) in [6.07, 6.45) is 1.91. The number of thiazole rings is 1. The molecule has 0 saturated carbocycles. The summed E-state index contributed by atoms with van der Waals surface area (Å²) in [5, 5.41) is 2.39. The minimum atomic E-state index is -0.0387. The van der Waals surface area contributed by atoms with Crippen LogP contribution in [0.1, 0.15) is 22.3 Å². The molecule has 0 radical (unpaired) electrons. The normalized spacial score (nSPS) is 12.3. The van der Waals surface area contributed by atoms with Crippen molar-refractivity contribution in [2.24, 2.45) is 0 Å². The van der Waals surface area contributed by atoms with Crippen molar-refractivity contribution in [1.82, 2.24) is 9.38 Å². The number of hydrogen-bond acceptors (Lipinski definition) is 4. The van der Waals surface area contributed by atoms with Crippen molar-refractivity contribution in [2.75, 3.05) is 0 Å². The standard InChI is InChI=1S/C29H21BrN2O2S/c1-17-12-24-25(13-18(17)2)32-28(33)27(35-29(32)31-24)15-19-10-11-26(23(30)14-19)34-16-21-8-5-7-20-6-3-4-9-22(20)21/h3-15H,16H2,1-2H3/b27-15-.